The highest BCUT2D eigenvalue weighted by Crippen LogP contribution is 2.44. The van der Waals surface area contributed by atoms with Gasteiger partial charge in [0.25, 0.3) is 5.91 Å². The average Bonchev–Trinajstić information content (AvgIpc) is 3.09. The molecule has 1 atom stereocenters. The Morgan fingerprint density at radius 1 is 1.00 bits per heavy atom. The van der Waals surface area contributed by atoms with Gasteiger partial charge in [0.2, 0.25) is 0 Å². The van der Waals surface area contributed by atoms with E-state index in [0.717, 1.165) is 22.3 Å². The Morgan fingerprint density at radius 2 is 1.59 bits per heavy atom. The average molecular weight is 434 g/mol. The zero-order valence-electron chi connectivity index (χ0n) is 18.1. The summed E-state index contributed by atoms with van der Waals surface area (Å²) in [5, 5.41) is 14.1. The van der Waals surface area contributed by atoms with E-state index in [4.69, 9.17) is 9.84 Å². The summed E-state index contributed by atoms with van der Waals surface area (Å²) in [6.45, 7) is 3.68. The molecule has 0 saturated heterocycles. The lowest BCUT2D eigenvalue weighted by Gasteiger charge is -2.15. The van der Waals surface area contributed by atoms with Crippen LogP contribution in [-0.2, 0) is 14.3 Å². The third-order valence-electron chi connectivity index (χ3n) is 5.47. The Hall–Kier alpha value is -3.79. The van der Waals surface area contributed by atoms with Crippen molar-refractivity contribution in [3.05, 3.63) is 59.7 Å². The predicted molar refractivity (Wildman–Crippen MR) is 120 cm³/mol. The second kappa shape index (κ2) is 10.5. The van der Waals surface area contributed by atoms with E-state index in [2.05, 4.69) is 34.6 Å². The molecule has 1 aliphatic carbocycles. The van der Waals surface area contributed by atoms with Gasteiger partial charge in [0, 0.05) is 12.5 Å². The molecule has 166 valence electrons. The monoisotopic (exact) mass is 434 g/mol. The zero-order valence-corrected chi connectivity index (χ0v) is 18.1. The summed E-state index contributed by atoms with van der Waals surface area (Å²) >= 11 is 0. The van der Waals surface area contributed by atoms with Gasteiger partial charge < -0.3 is 20.5 Å². The van der Waals surface area contributed by atoms with Gasteiger partial charge in [-0.2, -0.15) is 0 Å². The molecule has 3 rings (SSSR count). The Labute approximate surface area is 187 Å². The number of carbonyl (C=O) groups excluding carboxylic acids is 2. The lowest BCUT2D eigenvalue weighted by molar-refractivity contribution is -0.143. The van der Waals surface area contributed by atoms with Crippen molar-refractivity contribution in [1.82, 2.24) is 10.6 Å². The first kappa shape index (κ1) is 22.9. The van der Waals surface area contributed by atoms with E-state index < -0.39 is 23.9 Å². The van der Waals surface area contributed by atoms with Crippen LogP contribution in [0.25, 0.3) is 11.1 Å². The molecule has 1 unspecified atom stereocenters. The van der Waals surface area contributed by atoms with Crippen LogP contribution in [0, 0.1) is 23.7 Å². The number of carboxylic acids is 1. The minimum atomic E-state index is -0.967. The summed E-state index contributed by atoms with van der Waals surface area (Å²) in [7, 11) is 0. The molecule has 0 radical (unpaired) electrons. The summed E-state index contributed by atoms with van der Waals surface area (Å²) in [6, 6.07) is 16.1. The third kappa shape index (κ3) is 5.46. The molecule has 3 N–H and O–H groups in total. The first-order valence-corrected chi connectivity index (χ1v) is 10.5. The van der Waals surface area contributed by atoms with Crippen LogP contribution in [0.1, 0.15) is 30.9 Å². The number of rotatable bonds is 7. The predicted octanol–water partition coefficient (Wildman–Crippen LogP) is 3.00. The highest BCUT2D eigenvalue weighted by atomic mass is 16.5. The number of carbonyl (C=O) groups is 3. The van der Waals surface area contributed by atoms with E-state index in [1.54, 1.807) is 13.8 Å². The van der Waals surface area contributed by atoms with Crippen molar-refractivity contribution in [3.8, 4) is 23.0 Å². The van der Waals surface area contributed by atoms with Gasteiger partial charge >= 0.3 is 12.1 Å². The minimum absolute atomic E-state index is 0.000318. The second-order valence-corrected chi connectivity index (χ2v) is 7.88. The Balaban J connectivity index is 1.46. The number of hydrogen-bond acceptors (Lipinski definition) is 4. The SMILES string of the molecule is CC(C)C(CNC(=O)C#CCNC(=O)OCC1c2ccccc2-c2ccccc21)C(=O)O. The number of nitrogens with one attached hydrogen (secondary N) is 2. The number of benzene rings is 2. The van der Waals surface area contributed by atoms with Crippen LogP contribution < -0.4 is 10.6 Å². The van der Waals surface area contributed by atoms with Crippen molar-refractivity contribution >= 4 is 18.0 Å². The highest BCUT2D eigenvalue weighted by molar-refractivity contribution is 5.93. The van der Waals surface area contributed by atoms with Gasteiger partial charge in [-0.05, 0) is 34.1 Å². The largest absolute Gasteiger partial charge is 0.481 e. The number of fused-ring (bicyclic) bond motifs is 3. The molecule has 0 saturated carbocycles. The van der Waals surface area contributed by atoms with Crippen LogP contribution in [0.3, 0.4) is 0 Å². The number of alkyl carbamates (subject to hydrolysis) is 1. The fraction of sp³-hybridized carbons (Fsp3) is 0.320. The smallest absolute Gasteiger partial charge is 0.407 e. The molecule has 2 aromatic rings. The number of hydrogen-bond donors (Lipinski definition) is 3. The van der Waals surface area contributed by atoms with E-state index in [1.807, 2.05) is 36.4 Å². The van der Waals surface area contributed by atoms with Crippen LogP contribution in [0.4, 0.5) is 4.79 Å². The summed E-state index contributed by atoms with van der Waals surface area (Å²) in [5.41, 5.74) is 4.55. The molecule has 2 amide bonds. The molecule has 0 spiro atoms. The Morgan fingerprint density at radius 3 is 2.16 bits per heavy atom. The Bertz CT molecular complexity index is 1020. The minimum Gasteiger partial charge on any atom is -0.481 e. The first-order valence-electron chi connectivity index (χ1n) is 10.5. The number of ether oxygens (including phenoxy) is 1. The molecular formula is C25H26N2O5. The standard InChI is InChI=1S/C25H26N2O5/c1-16(2)21(24(29)30)14-27-23(28)12-7-13-26-25(31)32-15-22-19-10-5-3-8-17(19)18-9-4-6-11-20(18)22/h3-6,8-11,16,21-22H,13-15H2,1-2H3,(H,26,31)(H,27,28)(H,29,30). The van der Waals surface area contributed by atoms with Crippen LogP contribution >= 0.6 is 0 Å². The van der Waals surface area contributed by atoms with Gasteiger partial charge in [-0.15, -0.1) is 0 Å². The van der Waals surface area contributed by atoms with Crippen molar-refractivity contribution in [2.75, 3.05) is 19.7 Å². The van der Waals surface area contributed by atoms with Crippen LogP contribution in [-0.4, -0.2) is 42.8 Å². The van der Waals surface area contributed by atoms with Crippen molar-refractivity contribution in [3.63, 3.8) is 0 Å². The van der Waals surface area contributed by atoms with E-state index in [1.165, 1.54) is 0 Å². The summed E-state index contributed by atoms with van der Waals surface area (Å²) in [5.74, 6) is 2.48. The fourth-order valence-electron chi connectivity index (χ4n) is 3.75. The van der Waals surface area contributed by atoms with Crippen molar-refractivity contribution in [2.45, 2.75) is 19.8 Å². The third-order valence-corrected chi connectivity index (χ3v) is 5.47. The maximum Gasteiger partial charge on any atom is 0.407 e. The lowest BCUT2D eigenvalue weighted by atomic mass is 9.96. The molecule has 0 bridgehead atoms. The molecule has 7 heteroatoms. The number of amides is 2. The molecule has 0 aliphatic heterocycles. The van der Waals surface area contributed by atoms with E-state index in [9.17, 15) is 14.4 Å². The molecule has 7 nitrogen and oxygen atoms in total. The van der Waals surface area contributed by atoms with Crippen molar-refractivity contribution in [1.29, 1.82) is 0 Å². The first-order chi connectivity index (χ1) is 15.4. The van der Waals surface area contributed by atoms with Crippen molar-refractivity contribution in [2.24, 2.45) is 11.8 Å². The topological polar surface area (TPSA) is 105 Å². The molecule has 0 fully saturated rings. The summed E-state index contributed by atoms with van der Waals surface area (Å²) in [4.78, 5) is 34.9. The van der Waals surface area contributed by atoms with Gasteiger partial charge in [0.05, 0.1) is 12.5 Å². The molecule has 32 heavy (non-hydrogen) atoms. The van der Waals surface area contributed by atoms with Gasteiger partial charge in [-0.3, -0.25) is 9.59 Å². The van der Waals surface area contributed by atoms with Gasteiger partial charge in [0.1, 0.15) is 6.61 Å². The van der Waals surface area contributed by atoms with Crippen LogP contribution in [0.5, 0.6) is 0 Å². The quantitative estimate of drug-likeness (QED) is 0.581. The molecule has 2 aromatic carbocycles. The van der Waals surface area contributed by atoms with Gasteiger partial charge in [-0.25, -0.2) is 4.79 Å². The van der Waals surface area contributed by atoms with Gasteiger partial charge in [0.15, 0.2) is 0 Å². The molecular weight excluding hydrogens is 408 g/mol. The van der Waals surface area contributed by atoms with E-state index in [-0.39, 0.29) is 31.5 Å². The van der Waals surface area contributed by atoms with Crippen LogP contribution in [0.2, 0.25) is 0 Å². The number of aliphatic carboxylic acids is 1. The van der Waals surface area contributed by atoms with E-state index in [0.29, 0.717) is 0 Å². The van der Waals surface area contributed by atoms with E-state index >= 15 is 0 Å². The molecule has 1 aliphatic rings. The molecule has 0 aromatic heterocycles. The Kier molecular flexibility index (Phi) is 7.50. The molecule has 0 heterocycles. The maximum atomic E-state index is 12.1. The highest BCUT2D eigenvalue weighted by Gasteiger charge is 2.28. The summed E-state index contributed by atoms with van der Waals surface area (Å²) in [6.07, 6.45) is -0.618. The second-order valence-electron chi connectivity index (χ2n) is 7.88. The van der Waals surface area contributed by atoms with Crippen LogP contribution in [0.15, 0.2) is 48.5 Å². The lowest BCUT2D eigenvalue weighted by Crippen LogP contribution is -2.35. The fourth-order valence-corrected chi connectivity index (χ4v) is 3.75. The summed E-state index contributed by atoms with van der Waals surface area (Å²) < 4.78 is 5.39. The van der Waals surface area contributed by atoms with Crippen molar-refractivity contribution < 1.29 is 24.2 Å². The normalized spacial score (nSPS) is 12.7. The maximum absolute atomic E-state index is 12.1. The number of carboxylic acid groups (broad SMARTS) is 1. The van der Waals surface area contributed by atoms with Gasteiger partial charge in [-0.1, -0.05) is 68.3 Å². The zero-order chi connectivity index (χ0) is 23.1.